The second kappa shape index (κ2) is 12.2. The Bertz CT molecular complexity index is 1250. The molecule has 1 amide bonds. The van der Waals surface area contributed by atoms with E-state index in [9.17, 15) is 18.0 Å². The minimum absolute atomic E-state index is 0.158. The predicted molar refractivity (Wildman–Crippen MR) is 139 cm³/mol. The van der Waals surface area contributed by atoms with Crippen LogP contribution >= 0.6 is 11.6 Å². The van der Waals surface area contributed by atoms with Crippen molar-refractivity contribution in [1.29, 1.82) is 0 Å². The van der Waals surface area contributed by atoms with Gasteiger partial charge in [0.15, 0.2) is 0 Å². The van der Waals surface area contributed by atoms with Gasteiger partial charge in [-0.15, -0.1) is 0 Å². The van der Waals surface area contributed by atoms with E-state index < -0.39 is 17.9 Å². The molecule has 0 saturated carbocycles. The fourth-order valence-corrected chi connectivity index (χ4v) is 4.83. The number of hydrogen-bond acceptors (Lipinski definition) is 7. The van der Waals surface area contributed by atoms with Gasteiger partial charge < -0.3 is 15.0 Å². The van der Waals surface area contributed by atoms with Crippen LogP contribution in [0, 0.1) is 0 Å². The predicted octanol–water partition coefficient (Wildman–Crippen LogP) is 4.74. The second-order valence-electron chi connectivity index (χ2n) is 9.23. The smallest absolute Gasteiger partial charge is 0.383 e. The summed E-state index contributed by atoms with van der Waals surface area (Å²) in [6.07, 6.45) is 0.780. The fourth-order valence-electron chi connectivity index (χ4n) is 4.57. The van der Waals surface area contributed by atoms with Crippen molar-refractivity contribution in [2.45, 2.75) is 31.5 Å². The Balaban J connectivity index is 1.57. The molecule has 3 aromatic rings. The number of nitrogens with zero attached hydrogens (tertiary/aromatic N) is 5. The zero-order valence-corrected chi connectivity index (χ0v) is 22.0. The van der Waals surface area contributed by atoms with Crippen molar-refractivity contribution in [3.05, 3.63) is 58.6 Å². The third-order valence-electron chi connectivity index (χ3n) is 6.65. The van der Waals surface area contributed by atoms with Gasteiger partial charge in [0.05, 0.1) is 28.8 Å². The van der Waals surface area contributed by atoms with Crippen molar-refractivity contribution >= 4 is 34.2 Å². The molecule has 1 N–H and O–H groups in total. The highest BCUT2D eigenvalue weighted by Crippen LogP contribution is 2.30. The monoisotopic (exact) mass is 550 g/mol. The van der Waals surface area contributed by atoms with Crippen molar-refractivity contribution in [3.63, 3.8) is 0 Å². The maximum Gasteiger partial charge on any atom is 0.451 e. The zero-order valence-electron chi connectivity index (χ0n) is 21.3. The van der Waals surface area contributed by atoms with Gasteiger partial charge in [-0.1, -0.05) is 18.0 Å². The Labute approximate surface area is 224 Å². The first-order valence-electron chi connectivity index (χ1n) is 12.4. The van der Waals surface area contributed by atoms with Gasteiger partial charge in [0.2, 0.25) is 5.82 Å². The standard InChI is InChI=1S/C26H30ClF3N6O2/c1-35(12-13-38-2)22-9-6-18-20(34-22)8-7-19(27)23(18)24(37)31-16-21(36-10-4-3-5-11-36)17-14-32-25(33-15-17)26(28,29)30/h6-9,14-15,21H,3-5,10-13,16H2,1-2H3,(H,31,37). The van der Waals surface area contributed by atoms with Gasteiger partial charge in [0.1, 0.15) is 5.82 Å². The number of piperidine rings is 1. The number of aromatic nitrogens is 3. The number of likely N-dealkylation sites (tertiary alicyclic amines) is 1. The molecule has 0 aliphatic carbocycles. The minimum atomic E-state index is -4.62. The number of pyridine rings is 1. The zero-order chi connectivity index (χ0) is 27.3. The number of amides is 1. The number of benzene rings is 1. The van der Waals surface area contributed by atoms with Gasteiger partial charge in [-0.25, -0.2) is 15.0 Å². The Morgan fingerprint density at radius 3 is 2.53 bits per heavy atom. The lowest BCUT2D eigenvalue weighted by Gasteiger charge is -2.34. The van der Waals surface area contributed by atoms with E-state index in [1.54, 1.807) is 19.2 Å². The summed E-state index contributed by atoms with van der Waals surface area (Å²) < 4.78 is 44.1. The molecule has 4 rings (SSSR count). The highest BCUT2D eigenvalue weighted by molar-refractivity contribution is 6.35. The summed E-state index contributed by atoms with van der Waals surface area (Å²) in [6.45, 7) is 2.89. The van der Waals surface area contributed by atoms with Crippen molar-refractivity contribution in [2.24, 2.45) is 0 Å². The van der Waals surface area contributed by atoms with E-state index in [0.717, 1.165) is 38.2 Å². The van der Waals surface area contributed by atoms with Gasteiger partial charge in [-0.2, -0.15) is 13.2 Å². The molecule has 0 radical (unpaired) electrons. The third-order valence-corrected chi connectivity index (χ3v) is 6.97. The number of carbonyl (C=O) groups is 1. The summed E-state index contributed by atoms with van der Waals surface area (Å²) in [5.74, 6) is -0.849. The van der Waals surface area contributed by atoms with Crippen LogP contribution in [0.1, 0.15) is 47.1 Å². The molecule has 2 aromatic heterocycles. The van der Waals surface area contributed by atoms with Crippen LogP contribution in [-0.4, -0.2) is 72.7 Å². The van der Waals surface area contributed by atoms with Crippen molar-refractivity contribution < 1.29 is 22.7 Å². The summed E-state index contributed by atoms with van der Waals surface area (Å²) in [4.78, 5) is 29.2. The number of fused-ring (bicyclic) bond motifs is 1. The van der Waals surface area contributed by atoms with Gasteiger partial charge in [0, 0.05) is 50.6 Å². The molecule has 1 atom stereocenters. The van der Waals surface area contributed by atoms with E-state index >= 15 is 0 Å². The van der Waals surface area contributed by atoms with E-state index in [4.69, 9.17) is 16.3 Å². The minimum Gasteiger partial charge on any atom is -0.383 e. The lowest BCUT2D eigenvalue weighted by molar-refractivity contribution is -0.145. The van der Waals surface area contributed by atoms with Crippen LogP contribution in [0.4, 0.5) is 19.0 Å². The van der Waals surface area contributed by atoms with Crippen LogP contribution < -0.4 is 10.2 Å². The number of nitrogens with one attached hydrogen (secondary N) is 1. The molecule has 1 aliphatic heterocycles. The van der Waals surface area contributed by atoms with Crippen LogP contribution in [0.25, 0.3) is 10.9 Å². The van der Waals surface area contributed by atoms with E-state index in [2.05, 4.69) is 25.2 Å². The number of methoxy groups -OCH3 is 1. The summed E-state index contributed by atoms with van der Waals surface area (Å²) in [6, 6.07) is 6.65. The largest absolute Gasteiger partial charge is 0.451 e. The average molecular weight is 551 g/mol. The van der Waals surface area contributed by atoms with Crippen LogP contribution in [0.15, 0.2) is 36.7 Å². The average Bonchev–Trinajstić information content (AvgIpc) is 2.91. The normalized spacial score (nSPS) is 15.4. The molecule has 204 valence electrons. The maximum absolute atomic E-state index is 13.4. The first kappa shape index (κ1) is 28.0. The molecule has 0 bridgehead atoms. The Kier molecular flexibility index (Phi) is 9.01. The summed E-state index contributed by atoms with van der Waals surface area (Å²) >= 11 is 6.46. The summed E-state index contributed by atoms with van der Waals surface area (Å²) in [7, 11) is 3.54. The van der Waals surface area contributed by atoms with E-state index in [1.165, 1.54) is 12.4 Å². The Morgan fingerprint density at radius 2 is 1.87 bits per heavy atom. The topological polar surface area (TPSA) is 83.5 Å². The number of hydrogen-bond donors (Lipinski definition) is 1. The molecule has 1 aromatic carbocycles. The summed E-state index contributed by atoms with van der Waals surface area (Å²) in [5, 5.41) is 3.83. The first-order chi connectivity index (χ1) is 18.2. The van der Waals surface area contributed by atoms with Crippen LogP contribution in [0.5, 0.6) is 0 Å². The van der Waals surface area contributed by atoms with Gasteiger partial charge in [-0.05, 0) is 50.2 Å². The third kappa shape index (κ3) is 6.51. The van der Waals surface area contributed by atoms with Gasteiger partial charge in [-0.3, -0.25) is 9.69 Å². The number of likely N-dealkylation sites (N-methyl/N-ethyl adjacent to an activating group) is 1. The molecule has 3 heterocycles. The van der Waals surface area contributed by atoms with Gasteiger partial charge >= 0.3 is 6.18 Å². The summed E-state index contributed by atoms with van der Waals surface area (Å²) in [5.41, 5.74) is 1.42. The lowest BCUT2D eigenvalue weighted by Crippen LogP contribution is -2.41. The Morgan fingerprint density at radius 1 is 1.16 bits per heavy atom. The number of rotatable bonds is 9. The van der Waals surface area contributed by atoms with E-state index in [1.807, 2.05) is 24.1 Å². The van der Waals surface area contributed by atoms with Crippen molar-refractivity contribution in [1.82, 2.24) is 25.2 Å². The molecular formula is C26H30ClF3N6O2. The van der Waals surface area contributed by atoms with Gasteiger partial charge in [0.25, 0.3) is 5.91 Å². The second-order valence-corrected chi connectivity index (χ2v) is 9.64. The Hall–Kier alpha value is -3.02. The number of carbonyl (C=O) groups excluding carboxylic acids is 1. The lowest BCUT2D eigenvalue weighted by atomic mass is 10.0. The molecule has 12 heteroatoms. The number of halogens is 4. The molecular weight excluding hydrogens is 521 g/mol. The van der Waals surface area contributed by atoms with Crippen LogP contribution in [0.3, 0.4) is 0 Å². The molecule has 8 nitrogen and oxygen atoms in total. The highest BCUT2D eigenvalue weighted by atomic mass is 35.5. The van der Waals surface area contributed by atoms with E-state index in [0.29, 0.717) is 35.2 Å². The maximum atomic E-state index is 13.4. The molecule has 0 spiro atoms. The molecule has 38 heavy (non-hydrogen) atoms. The SMILES string of the molecule is COCCN(C)c1ccc2c(C(=O)NCC(c3cnc(C(F)(F)F)nc3)N3CCCCC3)c(Cl)ccc2n1. The molecule has 1 aliphatic rings. The number of anilines is 1. The van der Waals surface area contributed by atoms with Crippen molar-refractivity contribution in [3.8, 4) is 0 Å². The number of ether oxygens (including phenoxy) is 1. The molecule has 1 saturated heterocycles. The first-order valence-corrected chi connectivity index (χ1v) is 12.8. The fraction of sp³-hybridized carbons (Fsp3) is 0.462. The quantitative estimate of drug-likeness (QED) is 0.412. The van der Waals surface area contributed by atoms with Crippen LogP contribution in [-0.2, 0) is 10.9 Å². The highest BCUT2D eigenvalue weighted by Gasteiger charge is 2.35. The van der Waals surface area contributed by atoms with Crippen molar-refractivity contribution in [2.75, 3.05) is 51.8 Å². The molecule has 1 unspecified atom stereocenters. The molecule has 1 fully saturated rings. The van der Waals surface area contributed by atoms with E-state index in [-0.39, 0.29) is 17.6 Å². The van der Waals surface area contributed by atoms with Crippen LogP contribution in [0.2, 0.25) is 5.02 Å². The number of alkyl halides is 3.